The van der Waals surface area contributed by atoms with Gasteiger partial charge in [0.2, 0.25) is 0 Å². The Balaban J connectivity index is -0.0000000800. The van der Waals surface area contributed by atoms with Crippen molar-refractivity contribution < 1.29 is 31.0 Å². The molecule has 0 aromatic heterocycles. The minimum absolute atomic E-state index is 0. The maximum absolute atomic E-state index is 5.06. The summed E-state index contributed by atoms with van der Waals surface area (Å²) in [5.41, 5.74) is 0. The second-order valence-corrected chi connectivity index (χ2v) is 3.63. The zero-order chi connectivity index (χ0) is 4.50. The molecule has 0 unspecified atom stereocenters. The Bertz CT molecular complexity index is 28.4. The van der Waals surface area contributed by atoms with Gasteiger partial charge in [-0.1, -0.05) is 34.8 Å². The number of hydrogen-bond acceptors (Lipinski definition) is 0. The molecule has 0 amide bonds. The number of rotatable bonds is 0. The van der Waals surface area contributed by atoms with Gasteiger partial charge in [0.05, 0.1) is 0 Å². The van der Waals surface area contributed by atoms with E-state index in [0.29, 0.717) is 0 Å². The molecule has 0 aromatic rings. The molecule has 0 nitrogen and oxygen atoms in total. The van der Waals surface area contributed by atoms with Crippen LogP contribution in [0.2, 0.25) is 0 Å². The summed E-state index contributed by atoms with van der Waals surface area (Å²) in [5, 5.41) is 0. The molecular formula is C2H4Cl3Na. The molecule has 0 spiro atoms. The molecule has 0 heterocycles. The summed E-state index contributed by atoms with van der Waals surface area (Å²) in [6.45, 7) is 1.48. The first-order chi connectivity index (χ1) is 2.00. The Morgan fingerprint density at radius 3 is 1.33 bits per heavy atom. The molecule has 0 bridgehead atoms. The Kier molecular flexibility index (Phi) is 6.87. The molecular weight excluding hydrogens is 153 g/mol. The first kappa shape index (κ1) is 10.8. The van der Waals surface area contributed by atoms with Crippen molar-refractivity contribution in [3.8, 4) is 0 Å². The van der Waals surface area contributed by atoms with Gasteiger partial charge in [0, 0.05) is 0 Å². The predicted molar refractivity (Wildman–Crippen MR) is 27.1 cm³/mol. The fourth-order valence-corrected chi connectivity index (χ4v) is 0. The van der Waals surface area contributed by atoms with Crippen LogP contribution < -0.4 is 29.6 Å². The van der Waals surface area contributed by atoms with Crippen LogP contribution in [0, 0.1) is 0 Å². The molecule has 0 aromatic carbocycles. The van der Waals surface area contributed by atoms with Crippen LogP contribution in [0.4, 0.5) is 0 Å². The van der Waals surface area contributed by atoms with E-state index in [1.54, 1.807) is 0 Å². The van der Waals surface area contributed by atoms with Crippen LogP contribution in [0.1, 0.15) is 8.35 Å². The van der Waals surface area contributed by atoms with Crippen LogP contribution in [0.15, 0.2) is 0 Å². The van der Waals surface area contributed by atoms with E-state index in [4.69, 9.17) is 34.8 Å². The van der Waals surface area contributed by atoms with E-state index in [1.807, 2.05) is 0 Å². The van der Waals surface area contributed by atoms with Crippen molar-refractivity contribution in [2.75, 3.05) is 0 Å². The fraction of sp³-hybridized carbons (Fsp3) is 1.00. The normalized spacial score (nSPS) is 10.0. The molecule has 0 saturated heterocycles. The summed E-state index contributed by atoms with van der Waals surface area (Å²) in [7, 11) is 0. The van der Waals surface area contributed by atoms with Gasteiger partial charge in [0.15, 0.2) is 3.79 Å². The summed E-state index contributed by atoms with van der Waals surface area (Å²) < 4.78 is -1.08. The quantitative estimate of drug-likeness (QED) is 0.328. The smallest absolute Gasteiger partial charge is 1.00 e. The average molecular weight is 157 g/mol. The summed E-state index contributed by atoms with van der Waals surface area (Å²) in [4.78, 5) is 0. The van der Waals surface area contributed by atoms with Gasteiger partial charge in [-0.05, 0) is 6.92 Å². The Labute approximate surface area is 75.9 Å². The third kappa shape index (κ3) is 39.8. The minimum Gasteiger partial charge on any atom is -1.00 e. The van der Waals surface area contributed by atoms with E-state index in [1.165, 1.54) is 6.92 Å². The van der Waals surface area contributed by atoms with Gasteiger partial charge in [0.25, 0.3) is 0 Å². The second kappa shape index (κ2) is 3.82. The molecule has 0 saturated carbocycles. The molecule has 34 valence electrons. The van der Waals surface area contributed by atoms with Gasteiger partial charge < -0.3 is 1.43 Å². The van der Waals surface area contributed by atoms with E-state index in [-0.39, 0.29) is 31.0 Å². The molecule has 0 rings (SSSR count). The molecule has 0 atom stereocenters. The van der Waals surface area contributed by atoms with Crippen LogP contribution in [0.3, 0.4) is 0 Å². The minimum atomic E-state index is -1.08. The van der Waals surface area contributed by atoms with Crippen molar-refractivity contribution in [1.29, 1.82) is 0 Å². The fourth-order valence-electron chi connectivity index (χ4n) is 0. The second-order valence-electron chi connectivity index (χ2n) is 0.781. The molecule has 0 aliphatic carbocycles. The largest absolute Gasteiger partial charge is 1.00 e. The van der Waals surface area contributed by atoms with Crippen LogP contribution in [-0.4, -0.2) is 3.79 Å². The van der Waals surface area contributed by atoms with Crippen molar-refractivity contribution in [3.63, 3.8) is 0 Å². The number of halogens is 3. The molecule has 6 heavy (non-hydrogen) atoms. The predicted octanol–water partition coefficient (Wildman–Crippen LogP) is -0.507. The van der Waals surface area contributed by atoms with E-state index >= 15 is 0 Å². The first-order valence-electron chi connectivity index (χ1n) is 1.07. The average Bonchev–Trinajstić information content (AvgIpc) is 0.722. The molecule has 0 aliphatic rings. The van der Waals surface area contributed by atoms with Crippen molar-refractivity contribution in [2.24, 2.45) is 0 Å². The molecule has 0 fully saturated rings. The van der Waals surface area contributed by atoms with Crippen LogP contribution in [-0.2, 0) is 0 Å². The van der Waals surface area contributed by atoms with Gasteiger partial charge in [-0.15, -0.1) is 0 Å². The van der Waals surface area contributed by atoms with Gasteiger partial charge >= 0.3 is 29.6 Å². The summed E-state index contributed by atoms with van der Waals surface area (Å²) in [5.74, 6) is 0. The molecule has 0 radical (unpaired) electrons. The third-order valence-corrected chi connectivity index (χ3v) is 0. The first-order valence-corrected chi connectivity index (χ1v) is 2.20. The van der Waals surface area contributed by atoms with Gasteiger partial charge in [-0.2, -0.15) is 0 Å². The van der Waals surface area contributed by atoms with Crippen molar-refractivity contribution >= 4 is 34.8 Å². The van der Waals surface area contributed by atoms with Crippen molar-refractivity contribution in [1.82, 2.24) is 0 Å². The van der Waals surface area contributed by atoms with Crippen LogP contribution in [0.25, 0.3) is 0 Å². The van der Waals surface area contributed by atoms with Crippen LogP contribution in [0.5, 0.6) is 0 Å². The SMILES string of the molecule is CC(Cl)(Cl)Cl.[H-].[Na+]. The van der Waals surface area contributed by atoms with E-state index in [0.717, 1.165) is 0 Å². The Morgan fingerprint density at radius 2 is 1.33 bits per heavy atom. The topological polar surface area (TPSA) is 0 Å². The summed E-state index contributed by atoms with van der Waals surface area (Å²) in [6.07, 6.45) is 0. The maximum atomic E-state index is 5.06. The maximum Gasteiger partial charge on any atom is 1.00 e. The van der Waals surface area contributed by atoms with Crippen molar-refractivity contribution in [2.45, 2.75) is 10.7 Å². The zero-order valence-corrected chi connectivity index (χ0v) is 7.90. The molecule has 0 aliphatic heterocycles. The zero-order valence-electron chi connectivity index (χ0n) is 4.63. The Hall–Kier alpha value is 1.87. The third-order valence-electron chi connectivity index (χ3n) is 0. The number of alkyl halides is 3. The summed E-state index contributed by atoms with van der Waals surface area (Å²) >= 11 is 15.2. The standard InChI is InChI=1S/C2H3Cl3.Na.H/c1-2(3,4)5;;/h1H3;;/q;+1;-1. The molecule has 0 N–H and O–H groups in total. The number of hydrogen-bond donors (Lipinski definition) is 0. The summed E-state index contributed by atoms with van der Waals surface area (Å²) in [6, 6.07) is 0. The monoisotopic (exact) mass is 156 g/mol. The van der Waals surface area contributed by atoms with Gasteiger partial charge in [-0.3, -0.25) is 0 Å². The molecule has 4 heteroatoms. The Morgan fingerprint density at radius 1 is 1.33 bits per heavy atom. The van der Waals surface area contributed by atoms with E-state index in [2.05, 4.69) is 0 Å². The van der Waals surface area contributed by atoms with Crippen molar-refractivity contribution in [3.05, 3.63) is 0 Å². The van der Waals surface area contributed by atoms with E-state index in [9.17, 15) is 0 Å². The van der Waals surface area contributed by atoms with Gasteiger partial charge in [-0.25, -0.2) is 0 Å². The van der Waals surface area contributed by atoms with Crippen LogP contribution >= 0.6 is 34.8 Å². The van der Waals surface area contributed by atoms with Gasteiger partial charge in [0.1, 0.15) is 0 Å². The van der Waals surface area contributed by atoms with E-state index < -0.39 is 3.79 Å².